The number of hydrogen-bond acceptors (Lipinski definition) is 3. The molecular weight excluding hydrogens is 236 g/mol. The van der Waals surface area contributed by atoms with Gasteiger partial charge in [0, 0.05) is 25.7 Å². The molecule has 2 N–H and O–H groups in total. The highest BCUT2D eigenvalue weighted by atomic mass is 16.5. The molecule has 1 heterocycles. The molecule has 1 aliphatic heterocycles. The lowest BCUT2D eigenvalue weighted by Crippen LogP contribution is -2.52. The molecular formula is C16H28N2O. The molecule has 5 aliphatic rings. The fraction of sp³-hybridized carbons (Fsp3) is 1.00. The van der Waals surface area contributed by atoms with Gasteiger partial charge in [-0.1, -0.05) is 0 Å². The summed E-state index contributed by atoms with van der Waals surface area (Å²) in [6.45, 7) is 5.06. The third kappa shape index (κ3) is 2.45. The van der Waals surface area contributed by atoms with Crippen LogP contribution in [0.3, 0.4) is 0 Å². The molecule has 0 amide bonds. The second kappa shape index (κ2) is 4.71. The van der Waals surface area contributed by atoms with Gasteiger partial charge in [-0.05, 0) is 61.7 Å². The van der Waals surface area contributed by atoms with Crippen LogP contribution in [0, 0.1) is 23.2 Å². The maximum Gasteiger partial charge on any atom is 0.0630 e. The SMILES string of the molecule is NC1COCCN(CC23CC4CC(CC(C4)C2)C3)C1. The topological polar surface area (TPSA) is 38.5 Å². The molecule has 1 saturated heterocycles. The summed E-state index contributed by atoms with van der Waals surface area (Å²) in [4.78, 5) is 2.62. The number of hydrogen-bond donors (Lipinski definition) is 1. The maximum atomic E-state index is 6.13. The van der Waals surface area contributed by atoms with E-state index in [1.165, 1.54) is 25.8 Å². The summed E-state index contributed by atoms with van der Waals surface area (Å²) in [6.07, 6.45) is 9.15. The normalized spacial score (nSPS) is 50.4. The van der Waals surface area contributed by atoms with Crippen molar-refractivity contribution in [3.63, 3.8) is 0 Å². The van der Waals surface area contributed by atoms with E-state index in [4.69, 9.17) is 10.5 Å². The largest absolute Gasteiger partial charge is 0.378 e. The molecule has 0 aromatic heterocycles. The summed E-state index contributed by atoms with van der Waals surface area (Å²) >= 11 is 0. The Hall–Kier alpha value is -0.120. The lowest BCUT2D eigenvalue weighted by molar-refractivity contribution is -0.0692. The molecule has 1 atom stereocenters. The third-order valence-electron chi connectivity index (χ3n) is 6.10. The van der Waals surface area contributed by atoms with E-state index < -0.39 is 0 Å². The minimum atomic E-state index is 0.219. The molecule has 5 fully saturated rings. The fourth-order valence-electron chi connectivity index (χ4n) is 6.01. The minimum absolute atomic E-state index is 0.219. The van der Waals surface area contributed by atoms with E-state index in [1.54, 1.807) is 19.3 Å². The van der Waals surface area contributed by atoms with Crippen molar-refractivity contribution in [2.24, 2.45) is 28.9 Å². The first-order valence-corrected chi connectivity index (χ1v) is 8.26. The Balaban J connectivity index is 1.46. The second-order valence-electron chi connectivity index (χ2n) is 7.99. The van der Waals surface area contributed by atoms with Crippen molar-refractivity contribution in [1.82, 2.24) is 4.90 Å². The molecule has 4 bridgehead atoms. The van der Waals surface area contributed by atoms with E-state index in [2.05, 4.69) is 4.90 Å². The maximum absolute atomic E-state index is 6.13. The molecule has 4 saturated carbocycles. The molecule has 0 aromatic rings. The predicted molar refractivity (Wildman–Crippen MR) is 75.8 cm³/mol. The first kappa shape index (κ1) is 12.6. The van der Waals surface area contributed by atoms with Crippen LogP contribution in [-0.2, 0) is 4.74 Å². The van der Waals surface area contributed by atoms with Crippen LogP contribution in [0.2, 0.25) is 0 Å². The van der Waals surface area contributed by atoms with Gasteiger partial charge in [-0.25, -0.2) is 0 Å². The standard InChI is InChI=1S/C16H28N2O/c17-15-9-18(1-2-19-10-15)11-16-6-12-3-13(7-16)5-14(4-12)8-16/h12-15H,1-11,17H2. The van der Waals surface area contributed by atoms with E-state index >= 15 is 0 Å². The lowest BCUT2D eigenvalue weighted by Gasteiger charge is -2.58. The highest BCUT2D eigenvalue weighted by Gasteiger charge is 2.51. The summed E-state index contributed by atoms with van der Waals surface area (Å²) in [7, 11) is 0. The molecule has 108 valence electrons. The van der Waals surface area contributed by atoms with Gasteiger partial charge in [0.15, 0.2) is 0 Å². The van der Waals surface area contributed by atoms with Gasteiger partial charge in [0.1, 0.15) is 0 Å². The van der Waals surface area contributed by atoms with Gasteiger partial charge in [0.25, 0.3) is 0 Å². The van der Waals surface area contributed by atoms with Crippen molar-refractivity contribution in [2.45, 2.75) is 44.6 Å². The highest BCUT2D eigenvalue weighted by Crippen LogP contribution is 2.60. The molecule has 0 radical (unpaired) electrons. The Kier molecular flexibility index (Phi) is 3.13. The van der Waals surface area contributed by atoms with Crippen molar-refractivity contribution in [3.8, 4) is 0 Å². The molecule has 19 heavy (non-hydrogen) atoms. The van der Waals surface area contributed by atoms with Crippen LogP contribution in [0.4, 0.5) is 0 Å². The van der Waals surface area contributed by atoms with E-state index in [9.17, 15) is 0 Å². The molecule has 1 unspecified atom stereocenters. The summed E-state index contributed by atoms with van der Waals surface area (Å²) in [5.74, 6) is 3.18. The van der Waals surface area contributed by atoms with Crippen LogP contribution < -0.4 is 5.73 Å². The molecule has 0 spiro atoms. The zero-order valence-corrected chi connectivity index (χ0v) is 12.0. The Morgan fingerprint density at radius 2 is 1.68 bits per heavy atom. The van der Waals surface area contributed by atoms with Gasteiger partial charge in [0.05, 0.1) is 13.2 Å². The number of nitrogens with zero attached hydrogens (tertiary/aromatic N) is 1. The monoisotopic (exact) mass is 264 g/mol. The van der Waals surface area contributed by atoms with Crippen LogP contribution in [0.1, 0.15) is 38.5 Å². The van der Waals surface area contributed by atoms with E-state index in [-0.39, 0.29) is 6.04 Å². The van der Waals surface area contributed by atoms with Crippen molar-refractivity contribution >= 4 is 0 Å². The minimum Gasteiger partial charge on any atom is -0.378 e. The first-order chi connectivity index (χ1) is 9.21. The van der Waals surface area contributed by atoms with Gasteiger partial charge >= 0.3 is 0 Å². The number of rotatable bonds is 2. The molecule has 0 aromatic carbocycles. The fourth-order valence-corrected chi connectivity index (χ4v) is 6.01. The van der Waals surface area contributed by atoms with Gasteiger partial charge in [-0.2, -0.15) is 0 Å². The van der Waals surface area contributed by atoms with Gasteiger partial charge < -0.3 is 10.5 Å². The Bertz CT molecular complexity index is 308. The van der Waals surface area contributed by atoms with Crippen molar-refractivity contribution < 1.29 is 4.74 Å². The summed E-state index contributed by atoms with van der Waals surface area (Å²) in [6, 6.07) is 0.219. The quantitative estimate of drug-likeness (QED) is 0.827. The number of nitrogens with two attached hydrogens (primary N) is 1. The van der Waals surface area contributed by atoms with Gasteiger partial charge in [0.2, 0.25) is 0 Å². The predicted octanol–water partition coefficient (Wildman–Crippen LogP) is 1.86. The first-order valence-electron chi connectivity index (χ1n) is 8.26. The van der Waals surface area contributed by atoms with Crippen molar-refractivity contribution in [1.29, 1.82) is 0 Å². The Morgan fingerprint density at radius 3 is 2.32 bits per heavy atom. The summed E-state index contributed by atoms with van der Waals surface area (Å²) in [5, 5.41) is 0. The van der Waals surface area contributed by atoms with Gasteiger partial charge in [-0.3, -0.25) is 4.90 Å². The Labute approximate surface area is 116 Å². The van der Waals surface area contributed by atoms with Crippen molar-refractivity contribution in [3.05, 3.63) is 0 Å². The summed E-state index contributed by atoms with van der Waals surface area (Å²) < 4.78 is 5.59. The molecule has 3 nitrogen and oxygen atoms in total. The Morgan fingerprint density at radius 1 is 1.05 bits per heavy atom. The van der Waals surface area contributed by atoms with Crippen LogP contribution in [0.5, 0.6) is 0 Å². The van der Waals surface area contributed by atoms with E-state index in [0.29, 0.717) is 5.41 Å². The van der Waals surface area contributed by atoms with E-state index in [0.717, 1.165) is 44.1 Å². The number of ether oxygens (including phenoxy) is 1. The van der Waals surface area contributed by atoms with Crippen LogP contribution in [-0.4, -0.2) is 43.8 Å². The lowest BCUT2D eigenvalue weighted by atomic mass is 9.49. The highest BCUT2D eigenvalue weighted by molar-refractivity contribution is 5.02. The smallest absolute Gasteiger partial charge is 0.0630 e. The van der Waals surface area contributed by atoms with Gasteiger partial charge in [-0.15, -0.1) is 0 Å². The van der Waals surface area contributed by atoms with Crippen LogP contribution in [0.15, 0.2) is 0 Å². The summed E-state index contributed by atoms with van der Waals surface area (Å²) in [5.41, 5.74) is 6.78. The molecule has 5 rings (SSSR count). The molecule has 3 heteroatoms. The average molecular weight is 264 g/mol. The third-order valence-corrected chi connectivity index (χ3v) is 6.10. The van der Waals surface area contributed by atoms with Crippen LogP contribution >= 0.6 is 0 Å². The zero-order chi connectivity index (χ0) is 12.9. The second-order valence-corrected chi connectivity index (χ2v) is 7.99. The van der Waals surface area contributed by atoms with Crippen LogP contribution in [0.25, 0.3) is 0 Å². The molecule has 4 aliphatic carbocycles. The van der Waals surface area contributed by atoms with E-state index in [1.807, 2.05) is 0 Å². The van der Waals surface area contributed by atoms with Crippen molar-refractivity contribution in [2.75, 3.05) is 32.8 Å². The average Bonchev–Trinajstić information content (AvgIpc) is 2.51. The zero-order valence-electron chi connectivity index (χ0n) is 12.0.